The number of hydrogen-bond donors (Lipinski definition) is 1. The number of rotatable bonds is 6. The predicted octanol–water partition coefficient (Wildman–Crippen LogP) is 3.98. The second kappa shape index (κ2) is 8.69. The van der Waals surface area contributed by atoms with Gasteiger partial charge in [-0.05, 0) is 62.1 Å². The summed E-state index contributed by atoms with van der Waals surface area (Å²) < 4.78 is 40.9. The number of benzene rings is 2. The Balaban J connectivity index is 1.57. The highest BCUT2D eigenvalue weighted by molar-refractivity contribution is 7.89. The molecule has 2 aromatic rings. The first-order chi connectivity index (χ1) is 12.8. The summed E-state index contributed by atoms with van der Waals surface area (Å²) in [6, 6.07) is 11.3. The molecule has 1 unspecified atom stereocenters. The molecule has 1 aliphatic rings. The van der Waals surface area contributed by atoms with Crippen molar-refractivity contribution in [1.82, 2.24) is 9.62 Å². The Morgan fingerprint density at radius 1 is 1.22 bits per heavy atom. The van der Waals surface area contributed by atoms with E-state index in [1.54, 1.807) is 30.3 Å². The van der Waals surface area contributed by atoms with Gasteiger partial charge in [0.2, 0.25) is 10.0 Å². The predicted molar refractivity (Wildman–Crippen MR) is 106 cm³/mol. The minimum absolute atomic E-state index is 0.234. The Bertz CT molecular complexity index is 887. The highest BCUT2D eigenvalue weighted by atomic mass is 35.5. The van der Waals surface area contributed by atoms with E-state index in [9.17, 15) is 12.8 Å². The molecule has 0 radical (unpaired) electrons. The van der Waals surface area contributed by atoms with Crippen molar-refractivity contribution in [2.75, 3.05) is 19.6 Å². The van der Waals surface area contributed by atoms with Crippen LogP contribution in [-0.4, -0.2) is 33.0 Å². The molecule has 146 valence electrons. The van der Waals surface area contributed by atoms with Gasteiger partial charge in [0.25, 0.3) is 0 Å². The zero-order valence-corrected chi connectivity index (χ0v) is 16.9. The lowest BCUT2D eigenvalue weighted by molar-refractivity contribution is 0.169. The molecular weight excluding hydrogens is 387 g/mol. The first-order valence-electron chi connectivity index (χ1n) is 9.06. The van der Waals surface area contributed by atoms with Crippen LogP contribution in [0.5, 0.6) is 0 Å². The van der Waals surface area contributed by atoms with Gasteiger partial charge in [-0.15, -0.1) is 0 Å². The molecule has 2 aromatic carbocycles. The number of nitrogens with zero attached hydrogens (tertiary/aromatic N) is 1. The Hall–Kier alpha value is -1.47. The largest absolute Gasteiger partial charge is 0.299 e. The van der Waals surface area contributed by atoms with Crippen LogP contribution in [0.15, 0.2) is 47.4 Å². The third kappa shape index (κ3) is 5.51. The summed E-state index contributed by atoms with van der Waals surface area (Å²) >= 11 is 6.13. The van der Waals surface area contributed by atoms with Crippen LogP contribution in [0.25, 0.3) is 0 Å². The number of sulfonamides is 1. The van der Waals surface area contributed by atoms with E-state index in [4.69, 9.17) is 11.6 Å². The summed E-state index contributed by atoms with van der Waals surface area (Å²) in [7, 11) is -3.50. The summed E-state index contributed by atoms with van der Waals surface area (Å²) in [4.78, 5) is 2.53. The van der Waals surface area contributed by atoms with Crippen molar-refractivity contribution in [1.29, 1.82) is 0 Å². The summed E-state index contributed by atoms with van der Waals surface area (Å²) in [5, 5.41) is 0.428. The molecule has 0 bridgehead atoms. The molecule has 1 atom stereocenters. The monoisotopic (exact) mass is 410 g/mol. The molecule has 1 N–H and O–H groups in total. The zero-order chi connectivity index (χ0) is 19.4. The van der Waals surface area contributed by atoms with Gasteiger partial charge in [0.1, 0.15) is 5.82 Å². The summed E-state index contributed by atoms with van der Waals surface area (Å²) in [5.41, 5.74) is 1.91. The van der Waals surface area contributed by atoms with Crippen molar-refractivity contribution in [2.24, 2.45) is 5.92 Å². The Kier molecular flexibility index (Phi) is 6.52. The molecule has 27 heavy (non-hydrogen) atoms. The fourth-order valence-electron chi connectivity index (χ4n) is 3.38. The molecule has 0 aliphatic carbocycles. The number of aryl methyl sites for hydroxylation is 1. The van der Waals surface area contributed by atoms with Crippen molar-refractivity contribution in [3.8, 4) is 0 Å². The average molecular weight is 411 g/mol. The highest BCUT2D eigenvalue weighted by Gasteiger charge is 2.23. The lowest BCUT2D eigenvalue weighted by atomic mass is 9.98. The number of likely N-dealkylation sites (tertiary alicyclic amines) is 1. The van der Waals surface area contributed by atoms with E-state index < -0.39 is 10.0 Å². The second-order valence-electron chi connectivity index (χ2n) is 7.14. The molecule has 1 saturated heterocycles. The van der Waals surface area contributed by atoms with Gasteiger partial charge >= 0.3 is 0 Å². The molecule has 0 amide bonds. The topological polar surface area (TPSA) is 49.4 Å². The van der Waals surface area contributed by atoms with Gasteiger partial charge in [0.15, 0.2) is 0 Å². The van der Waals surface area contributed by atoms with Gasteiger partial charge in [-0.2, -0.15) is 0 Å². The maximum atomic E-state index is 13.2. The van der Waals surface area contributed by atoms with Gasteiger partial charge < -0.3 is 0 Å². The lowest BCUT2D eigenvalue weighted by Gasteiger charge is -2.33. The highest BCUT2D eigenvalue weighted by Crippen LogP contribution is 2.23. The molecule has 4 nitrogen and oxygen atoms in total. The first kappa shape index (κ1) is 20.3. The Morgan fingerprint density at radius 2 is 1.96 bits per heavy atom. The molecule has 1 heterocycles. The maximum Gasteiger partial charge on any atom is 0.240 e. The van der Waals surface area contributed by atoms with Crippen LogP contribution in [-0.2, 0) is 16.6 Å². The molecule has 3 rings (SSSR count). The van der Waals surface area contributed by atoms with Gasteiger partial charge in [0, 0.05) is 24.7 Å². The van der Waals surface area contributed by atoms with Crippen LogP contribution in [0.1, 0.15) is 24.0 Å². The Labute approximate surface area is 165 Å². The molecular formula is C20H24ClFN2O2S. The van der Waals surface area contributed by atoms with Crippen molar-refractivity contribution in [3.63, 3.8) is 0 Å². The lowest BCUT2D eigenvalue weighted by Crippen LogP contribution is -2.40. The van der Waals surface area contributed by atoms with Crippen LogP contribution < -0.4 is 4.72 Å². The first-order valence-corrected chi connectivity index (χ1v) is 10.9. The SMILES string of the molecule is Cc1ccc(S(=O)(=O)NCC2CCCN(Cc3ccc(F)cc3Cl)C2)cc1. The molecule has 0 saturated carbocycles. The molecule has 7 heteroatoms. The smallest absolute Gasteiger partial charge is 0.240 e. The third-order valence-electron chi connectivity index (χ3n) is 4.91. The fraction of sp³-hybridized carbons (Fsp3) is 0.400. The third-order valence-corrected chi connectivity index (χ3v) is 6.70. The summed E-state index contributed by atoms with van der Waals surface area (Å²) in [6.45, 7) is 4.68. The van der Waals surface area contributed by atoms with Crippen LogP contribution >= 0.6 is 11.6 Å². The standard InChI is InChI=1S/C20H24ClFN2O2S/c1-15-4-8-19(9-5-15)27(25,26)23-12-16-3-2-10-24(13-16)14-17-6-7-18(22)11-20(17)21/h4-9,11,16,23H,2-3,10,12-14H2,1H3. The fourth-order valence-corrected chi connectivity index (χ4v) is 4.72. The van der Waals surface area contributed by atoms with E-state index in [0.29, 0.717) is 23.0 Å². The molecule has 1 aliphatic heterocycles. The number of halogens is 2. The van der Waals surface area contributed by atoms with Gasteiger partial charge in [-0.25, -0.2) is 17.5 Å². The molecule has 1 fully saturated rings. The van der Waals surface area contributed by atoms with Crippen molar-refractivity contribution in [2.45, 2.75) is 31.2 Å². The van der Waals surface area contributed by atoms with Gasteiger partial charge in [-0.3, -0.25) is 4.90 Å². The van der Waals surface area contributed by atoms with Gasteiger partial charge in [0.05, 0.1) is 4.90 Å². The van der Waals surface area contributed by atoms with E-state index >= 15 is 0 Å². The van der Waals surface area contributed by atoms with Crippen LogP contribution in [0.3, 0.4) is 0 Å². The van der Waals surface area contributed by atoms with Crippen molar-refractivity contribution in [3.05, 3.63) is 64.4 Å². The number of piperidine rings is 1. The van der Waals surface area contributed by atoms with Crippen LogP contribution in [0.4, 0.5) is 4.39 Å². The number of nitrogens with one attached hydrogen (secondary N) is 1. The van der Waals surface area contributed by atoms with E-state index in [-0.39, 0.29) is 11.7 Å². The van der Waals surface area contributed by atoms with E-state index in [1.165, 1.54) is 12.1 Å². The summed E-state index contributed by atoms with van der Waals surface area (Å²) in [6.07, 6.45) is 1.97. The second-order valence-corrected chi connectivity index (χ2v) is 9.32. The van der Waals surface area contributed by atoms with E-state index in [1.807, 2.05) is 6.92 Å². The van der Waals surface area contributed by atoms with Crippen molar-refractivity contribution >= 4 is 21.6 Å². The van der Waals surface area contributed by atoms with E-state index in [0.717, 1.165) is 37.1 Å². The number of hydrogen-bond acceptors (Lipinski definition) is 3. The average Bonchev–Trinajstić information content (AvgIpc) is 2.63. The normalized spacial score (nSPS) is 18.6. The summed E-state index contributed by atoms with van der Waals surface area (Å²) in [5.74, 6) is -0.107. The Morgan fingerprint density at radius 3 is 2.67 bits per heavy atom. The quantitative estimate of drug-likeness (QED) is 0.783. The van der Waals surface area contributed by atoms with Gasteiger partial charge in [-0.1, -0.05) is 35.4 Å². The zero-order valence-electron chi connectivity index (χ0n) is 15.3. The minimum Gasteiger partial charge on any atom is -0.299 e. The van der Waals surface area contributed by atoms with Crippen LogP contribution in [0.2, 0.25) is 5.02 Å². The minimum atomic E-state index is -3.50. The van der Waals surface area contributed by atoms with E-state index in [2.05, 4.69) is 9.62 Å². The maximum absolute atomic E-state index is 13.2. The van der Waals surface area contributed by atoms with Crippen LogP contribution in [0, 0.1) is 18.7 Å². The molecule has 0 spiro atoms. The molecule has 0 aromatic heterocycles. The van der Waals surface area contributed by atoms with Crippen molar-refractivity contribution < 1.29 is 12.8 Å².